The van der Waals surface area contributed by atoms with Crippen LogP contribution in [0.2, 0.25) is 0 Å². The van der Waals surface area contributed by atoms with Gasteiger partial charge in [-0.1, -0.05) is 0 Å². The molecule has 0 aromatic carbocycles. The summed E-state index contributed by atoms with van der Waals surface area (Å²) in [5.41, 5.74) is 9.76. The Morgan fingerprint density at radius 3 is 2.74 bits per heavy atom. The maximum Gasteiger partial charge on any atom is 0.219 e. The van der Waals surface area contributed by atoms with Gasteiger partial charge in [-0.15, -0.1) is 11.3 Å². The van der Waals surface area contributed by atoms with E-state index in [4.69, 9.17) is 15.2 Å². The number of piperidine rings is 1. The third kappa shape index (κ3) is 3.18. The number of pyridine rings is 2. The molecule has 2 aliphatic rings. The van der Waals surface area contributed by atoms with Crippen LogP contribution in [0.3, 0.4) is 0 Å². The van der Waals surface area contributed by atoms with Crippen LogP contribution in [0.4, 0.5) is 5.82 Å². The van der Waals surface area contributed by atoms with Gasteiger partial charge >= 0.3 is 0 Å². The predicted molar refractivity (Wildman–Crippen MR) is 136 cm³/mol. The summed E-state index contributed by atoms with van der Waals surface area (Å²) in [6.45, 7) is 1.69. The number of fused-ring (bicyclic) bond motifs is 4. The number of hydrogen-bond donors (Lipinski definition) is 1. The summed E-state index contributed by atoms with van der Waals surface area (Å²) in [5.74, 6) is 1.33. The number of nitrogen functional groups attached to an aromatic ring is 1. The van der Waals surface area contributed by atoms with E-state index in [2.05, 4.69) is 31.1 Å². The first-order valence-corrected chi connectivity index (χ1v) is 12.8. The van der Waals surface area contributed by atoms with Crippen LogP contribution in [-0.4, -0.2) is 42.6 Å². The fourth-order valence-corrected chi connectivity index (χ4v) is 6.95. The molecule has 0 saturated carbocycles. The van der Waals surface area contributed by atoms with Crippen LogP contribution in [-0.2, 0) is 4.79 Å². The largest absolute Gasteiger partial charge is 0.452 e. The lowest BCUT2D eigenvalue weighted by Gasteiger charge is -2.38. The van der Waals surface area contributed by atoms with Crippen molar-refractivity contribution in [2.24, 2.45) is 0 Å². The van der Waals surface area contributed by atoms with Crippen molar-refractivity contribution in [1.29, 1.82) is 0 Å². The molecular weight excluding hydrogens is 460 g/mol. The first-order chi connectivity index (χ1) is 17.1. The quantitative estimate of drug-likeness (QED) is 0.374. The summed E-state index contributed by atoms with van der Waals surface area (Å²) >= 11 is 1.64. The van der Waals surface area contributed by atoms with Crippen LogP contribution in [0, 0.1) is 0 Å². The first-order valence-electron chi connectivity index (χ1n) is 11.9. The number of hydrogen-bond acceptors (Lipinski definition) is 7. The Morgan fingerprint density at radius 2 is 1.94 bits per heavy atom. The first kappa shape index (κ1) is 20.6. The van der Waals surface area contributed by atoms with Crippen LogP contribution < -0.4 is 5.73 Å². The molecule has 5 aromatic rings. The molecule has 3 atom stereocenters. The number of nitrogens with two attached hydrogens (primary N) is 1. The number of aromatic nitrogens is 4. The molecule has 35 heavy (non-hydrogen) atoms. The summed E-state index contributed by atoms with van der Waals surface area (Å²) in [4.78, 5) is 22.8. The van der Waals surface area contributed by atoms with Crippen molar-refractivity contribution in [2.45, 2.75) is 50.7 Å². The number of nitrogens with zero attached hydrogens (tertiary/aromatic N) is 5. The van der Waals surface area contributed by atoms with Crippen molar-refractivity contribution in [3.8, 4) is 22.5 Å². The van der Waals surface area contributed by atoms with Crippen LogP contribution in [0.5, 0.6) is 0 Å². The summed E-state index contributed by atoms with van der Waals surface area (Å²) in [7, 11) is 0. The Morgan fingerprint density at radius 1 is 1.11 bits per heavy atom. The lowest BCUT2D eigenvalue weighted by Crippen LogP contribution is -2.45. The average molecular weight is 485 g/mol. The highest BCUT2D eigenvalue weighted by Gasteiger charge is 2.42. The molecule has 2 fully saturated rings. The van der Waals surface area contributed by atoms with Gasteiger partial charge in [0.25, 0.3) is 0 Å². The van der Waals surface area contributed by atoms with E-state index in [0.29, 0.717) is 29.5 Å². The molecule has 2 N–H and O–H groups in total. The minimum Gasteiger partial charge on any atom is -0.452 e. The van der Waals surface area contributed by atoms with Crippen LogP contribution in [0.15, 0.2) is 52.9 Å². The normalized spacial score (nSPS) is 21.9. The van der Waals surface area contributed by atoms with E-state index in [1.807, 2.05) is 24.5 Å². The minimum absolute atomic E-state index is 0.192. The van der Waals surface area contributed by atoms with E-state index in [9.17, 15) is 4.79 Å². The van der Waals surface area contributed by atoms with Gasteiger partial charge in [0, 0.05) is 76.6 Å². The third-order valence-corrected chi connectivity index (χ3v) is 8.52. The molecule has 0 aliphatic carbocycles. The molecule has 2 aliphatic heterocycles. The van der Waals surface area contributed by atoms with Crippen LogP contribution in [0.1, 0.15) is 38.6 Å². The number of carbonyl (C=O) groups excluding carboxylic acids is 1. The zero-order valence-electron chi connectivity index (χ0n) is 19.2. The molecule has 8 nitrogen and oxygen atoms in total. The zero-order valence-corrected chi connectivity index (χ0v) is 20.0. The van der Waals surface area contributed by atoms with E-state index in [1.165, 1.54) is 0 Å². The van der Waals surface area contributed by atoms with Gasteiger partial charge in [-0.2, -0.15) is 5.10 Å². The molecular formula is C26H24N6O2S. The summed E-state index contributed by atoms with van der Waals surface area (Å²) in [5, 5.41) is 8.85. The highest BCUT2D eigenvalue weighted by atomic mass is 32.1. The molecule has 0 spiro atoms. The van der Waals surface area contributed by atoms with Crippen molar-refractivity contribution in [2.75, 3.05) is 5.73 Å². The fourth-order valence-electron chi connectivity index (χ4n) is 6.03. The number of rotatable bonds is 3. The Balaban J connectivity index is 1.25. The smallest absolute Gasteiger partial charge is 0.219 e. The minimum atomic E-state index is 0.192. The number of anilines is 1. The van der Waals surface area contributed by atoms with E-state index in [0.717, 1.165) is 63.6 Å². The van der Waals surface area contributed by atoms with Crippen molar-refractivity contribution in [3.05, 3.63) is 48.5 Å². The number of furan rings is 1. The number of amides is 1. The van der Waals surface area contributed by atoms with Crippen molar-refractivity contribution >= 4 is 44.1 Å². The predicted octanol–water partition coefficient (Wildman–Crippen LogP) is 5.26. The molecule has 0 radical (unpaired) electrons. The molecule has 7 rings (SSSR count). The fraction of sp³-hybridized carbons (Fsp3) is 0.308. The Labute approximate surface area is 205 Å². The topological polar surface area (TPSA) is 103 Å². The zero-order chi connectivity index (χ0) is 23.7. The Bertz CT molecular complexity index is 1590. The van der Waals surface area contributed by atoms with Gasteiger partial charge in [-0.05, 0) is 37.8 Å². The van der Waals surface area contributed by atoms with Crippen LogP contribution >= 0.6 is 11.3 Å². The highest BCUT2D eigenvalue weighted by molar-refractivity contribution is 7.17. The second-order valence-corrected chi connectivity index (χ2v) is 10.5. The summed E-state index contributed by atoms with van der Waals surface area (Å²) in [6, 6.07) is 4.99. The molecule has 2 unspecified atom stereocenters. The molecule has 7 heterocycles. The van der Waals surface area contributed by atoms with Gasteiger partial charge in [0.05, 0.1) is 16.9 Å². The van der Waals surface area contributed by atoms with Gasteiger partial charge in [0.1, 0.15) is 5.76 Å². The van der Waals surface area contributed by atoms with E-state index in [1.54, 1.807) is 30.7 Å². The third-order valence-electron chi connectivity index (χ3n) is 7.59. The average Bonchev–Trinajstić information content (AvgIpc) is 3.63. The van der Waals surface area contributed by atoms with Gasteiger partial charge in [-0.25, -0.2) is 4.98 Å². The van der Waals surface area contributed by atoms with E-state index >= 15 is 0 Å². The molecule has 2 saturated heterocycles. The van der Waals surface area contributed by atoms with Gasteiger partial charge in [0.2, 0.25) is 5.91 Å². The summed E-state index contributed by atoms with van der Waals surface area (Å²) < 4.78 is 9.42. The number of carbonyl (C=O) groups is 1. The lowest BCUT2D eigenvalue weighted by atomic mass is 9.97. The van der Waals surface area contributed by atoms with Gasteiger partial charge in [-0.3, -0.25) is 14.5 Å². The second kappa shape index (κ2) is 7.64. The standard InChI is InChI=1S/C26H24N6O2S/c1-14(33)32-16-2-3-17(32)7-18(6-16)31-12-15(9-30-31)21-10-29-26(27)25-20(21)8-23(34-25)22-13-35-24-11-28-5-4-19(22)24/h4-5,8-13,16-18H,2-3,6-7H2,1H3,(H2,27,29)/t16-,17?,18?/m1/s1. The lowest BCUT2D eigenvalue weighted by molar-refractivity contribution is -0.133. The van der Waals surface area contributed by atoms with E-state index in [-0.39, 0.29) is 5.91 Å². The second-order valence-electron chi connectivity index (χ2n) is 9.58. The van der Waals surface area contributed by atoms with Crippen LogP contribution in [0.25, 0.3) is 43.5 Å². The maximum atomic E-state index is 12.1. The van der Waals surface area contributed by atoms with Crippen molar-refractivity contribution in [3.63, 3.8) is 0 Å². The van der Waals surface area contributed by atoms with E-state index < -0.39 is 0 Å². The summed E-state index contributed by atoms with van der Waals surface area (Å²) in [6.07, 6.45) is 13.5. The van der Waals surface area contributed by atoms with Crippen molar-refractivity contribution in [1.82, 2.24) is 24.6 Å². The number of thiophene rings is 1. The Kier molecular flexibility index (Phi) is 4.51. The molecule has 2 bridgehead atoms. The van der Waals surface area contributed by atoms with Crippen molar-refractivity contribution < 1.29 is 9.21 Å². The molecule has 5 aromatic heterocycles. The molecule has 1 amide bonds. The highest BCUT2D eigenvalue weighted by Crippen LogP contribution is 2.43. The molecule has 176 valence electrons. The molecule has 9 heteroatoms. The SMILES string of the molecule is CC(=O)N1C2CC[C@@H]1CC(n1cc(-c3cnc(N)c4oc(-c5csc6cnccc56)cc34)cn1)C2. The van der Waals surface area contributed by atoms with Gasteiger partial charge in [0.15, 0.2) is 11.4 Å². The Hall–Kier alpha value is -3.72. The maximum absolute atomic E-state index is 12.1. The monoisotopic (exact) mass is 484 g/mol. The van der Waals surface area contributed by atoms with Gasteiger partial charge < -0.3 is 15.1 Å².